The summed E-state index contributed by atoms with van der Waals surface area (Å²) >= 11 is 1.32. The van der Waals surface area contributed by atoms with Crippen molar-refractivity contribution < 1.29 is 33.7 Å². The summed E-state index contributed by atoms with van der Waals surface area (Å²) in [4.78, 5) is 39.1. The van der Waals surface area contributed by atoms with Gasteiger partial charge in [0.05, 0.1) is 14.2 Å². The van der Waals surface area contributed by atoms with Crippen LogP contribution in [0.4, 0.5) is 4.79 Å². The molecule has 2 amide bonds. The molecule has 0 aromatic heterocycles. The Labute approximate surface area is 230 Å². The summed E-state index contributed by atoms with van der Waals surface area (Å²) in [6.07, 6.45) is -0.748. The molecule has 1 aliphatic heterocycles. The summed E-state index contributed by atoms with van der Waals surface area (Å²) in [5.74, 6) is -0.525. The van der Waals surface area contributed by atoms with E-state index in [9.17, 15) is 19.5 Å². The number of hydrogen-bond donors (Lipinski definition) is 2. The van der Waals surface area contributed by atoms with Gasteiger partial charge in [-0.05, 0) is 34.4 Å². The van der Waals surface area contributed by atoms with Crippen molar-refractivity contribution >= 4 is 29.7 Å². The van der Waals surface area contributed by atoms with E-state index in [1.54, 1.807) is 18.2 Å². The van der Waals surface area contributed by atoms with Crippen LogP contribution in [0.25, 0.3) is 11.1 Å². The third-order valence-electron chi connectivity index (χ3n) is 7.01. The van der Waals surface area contributed by atoms with E-state index in [0.717, 1.165) is 22.3 Å². The molecule has 0 spiro atoms. The van der Waals surface area contributed by atoms with Gasteiger partial charge in [0.25, 0.3) is 0 Å². The second-order valence-corrected chi connectivity index (χ2v) is 10.2. The molecule has 1 saturated heterocycles. The van der Waals surface area contributed by atoms with Gasteiger partial charge in [0.1, 0.15) is 36.1 Å². The molecule has 0 saturated carbocycles. The zero-order chi connectivity index (χ0) is 27.5. The Hall–Kier alpha value is -4.18. The van der Waals surface area contributed by atoms with Crippen LogP contribution in [0.3, 0.4) is 0 Å². The van der Waals surface area contributed by atoms with Gasteiger partial charge in [-0.2, -0.15) is 0 Å². The number of rotatable bonds is 8. The minimum absolute atomic E-state index is 0.108. The molecular formula is C29H28N2O7S. The molecule has 1 fully saturated rings. The van der Waals surface area contributed by atoms with Crippen LogP contribution in [0.15, 0.2) is 66.7 Å². The zero-order valence-corrected chi connectivity index (χ0v) is 22.3. The lowest BCUT2D eigenvalue weighted by atomic mass is 9.98. The minimum Gasteiger partial charge on any atom is -0.497 e. The van der Waals surface area contributed by atoms with E-state index < -0.39 is 35.9 Å². The van der Waals surface area contributed by atoms with Crippen molar-refractivity contribution in [3.63, 3.8) is 0 Å². The molecule has 0 radical (unpaired) electrons. The molecule has 2 atom stereocenters. The number of alkyl carbamates (subject to hydrolysis) is 1. The van der Waals surface area contributed by atoms with E-state index in [1.165, 1.54) is 30.9 Å². The molecule has 2 aliphatic rings. The number of methoxy groups -OCH3 is 2. The van der Waals surface area contributed by atoms with Gasteiger partial charge in [-0.25, -0.2) is 9.59 Å². The summed E-state index contributed by atoms with van der Waals surface area (Å²) < 4.78 is 16.3. The number of aliphatic carboxylic acids is 1. The summed E-state index contributed by atoms with van der Waals surface area (Å²) in [5, 5.41) is 11.7. The summed E-state index contributed by atoms with van der Waals surface area (Å²) in [7, 11) is 3.03. The quantitative estimate of drug-likeness (QED) is 0.429. The third kappa shape index (κ3) is 5.12. The number of carbonyl (C=O) groups excluding carboxylic acids is 2. The summed E-state index contributed by atoms with van der Waals surface area (Å²) in [6.45, 7) is -0.299. The molecule has 3 aromatic carbocycles. The molecule has 10 heteroatoms. The van der Waals surface area contributed by atoms with Crippen LogP contribution >= 0.6 is 11.8 Å². The summed E-state index contributed by atoms with van der Waals surface area (Å²) in [5.41, 5.74) is 5.03. The first-order valence-electron chi connectivity index (χ1n) is 12.4. The lowest BCUT2D eigenvalue weighted by Gasteiger charge is -2.28. The molecule has 2 unspecified atom stereocenters. The molecule has 0 bridgehead atoms. The van der Waals surface area contributed by atoms with Gasteiger partial charge in [0, 0.05) is 23.3 Å². The number of carboxylic acids is 1. The highest BCUT2D eigenvalue weighted by Gasteiger charge is 2.43. The number of fused-ring (bicyclic) bond motifs is 3. The number of amides is 2. The van der Waals surface area contributed by atoms with Crippen molar-refractivity contribution in [1.82, 2.24) is 10.2 Å². The normalized spacial score (nSPS) is 17.7. The largest absolute Gasteiger partial charge is 0.497 e. The second kappa shape index (κ2) is 11.3. The number of nitrogens with zero attached hydrogens (tertiary/aromatic N) is 1. The fourth-order valence-electron chi connectivity index (χ4n) is 5.15. The average Bonchev–Trinajstić information content (AvgIpc) is 3.54. The number of hydrogen-bond acceptors (Lipinski definition) is 7. The molecule has 202 valence electrons. The highest BCUT2D eigenvalue weighted by Crippen LogP contribution is 2.46. The van der Waals surface area contributed by atoms with Crippen molar-refractivity contribution in [3.8, 4) is 22.6 Å². The molecule has 1 heterocycles. The Morgan fingerprint density at radius 3 is 2.23 bits per heavy atom. The number of thioether (sulfide) groups is 1. The van der Waals surface area contributed by atoms with Gasteiger partial charge in [0.2, 0.25) is 5.91 Å². The number of ether oxygens (including phenoxy) is 3. The van der Waals surface area contributed by atoms with Gasteiger partial charge in [-0.1, -0.05) is 48.5 Å². The van der Waals surface area contributed by atoms with Crippen molar-refractivity contribution in [2.24, 2.45) is 0 Å². The fourth-order valence-corrected chi connectivity index (χ4v) is 6.62. The van der Waals surface area contributed by atoms with Gasteiger partial charge < -0.3 is 29.5 Å². The van der Waals surface area contributed by atoms with Crippen LogP contribution in [0.1, 0.15) is 28.0 Å². The van der Waals surface area contributed by atoms with Crippen LogP contribution in [0, 0.1) is 0 Å². The van der Waals surface area contributed by atoms with Gasteiger partial charge in [-0.15, -0.1) is 11.8 Å². The molecule has 2 N–H and O–H groups in total. The number of benzene rings is 3. The predicted molar refractivity (Wildman–Crippen MR) is 146 cm³/mol. The van der Waals surface area contributed by atoms with Crippen molar-refractivity contribution in [3.05, 3.63) is 83.4 Å². The van der Waals surface area contributed by atoms with E-state index in [1.807, 2.05) is 48.5 Å². The van der Waals surface area contributed by atoms with E-state index in [0.29, 0.717) is 17.1 Å². The average molecular weight is 549 g/mol. The van der Waals surface area contributed by atoms with Crippen molar-refractivity contribution in [2.75, 3.05) is 33.1 Å². The highest BCUT2D eigenvalue weighted by molar-refractivity contribution is 7.99. The Balaban J connectivity index is 1.26. The van der Waals surface area contributed by atoms with Crippen LogP contribution in [-0.2, 0) is 14.3 Å². The number of carbonyl (C=O) groups is 3. The molecule has 1 aliphatic carbocycles. The third-order valence-corrected chi connectivity index (χ3v) is 8.31. The van der Waals surface area contributed by atoms with Crippen molar-refractivity contribution in [1.29, 1.82) is 0 Å². The van der Waals surface area contributed by atoms with Gasteiger partial charge >= 0.3 is 12.1 Å². The highest BCUT2D eigenvalue weighted by atomic mass is 32.2. The minimum atomic E-state index is -1.12. The van der Waals surface area contributed by atoms with Crippen LogP contribution in [0.2, 0.25) is 0 Å². The van der Waals surface area contributed by atoms with Crippen LogP contribution < -0.4 is 14.8 Å². The first-order valence-corrected chi connectivity index (χ1v) is 13.4. The molecule has 9 nitrogen and oxygen atoms in total. The first kappa shape index (κ1) is 26.4. The molecule has 3 aromatic rings. The molecule has 39 heavy (non-hydrogen) atoms. The van der Waals surface area contributed by atoms with Gasteiger partial charge in [-0.3, -0.25) is 4.79 Å². The number of nitrogens with one attached hydrogen (secondary N) is 1. The monoisotopic (exact) mass is 548 g/mol. The maximum Gasteiger partial charge on any atom is 0.407 e. The lowest BCUT2D eigenvalue weighted by molar-refractivity contribution is -0.148. The van der Waals surface area contributed by atoms with E-state index in [2.05, 4.69) is 5.32 Å². The zero-order valence-electron chi connectivity index (χ0n) is 21.5. The molecular weight excluding hydrogens is 520 g/mol. The molecule has 5 rings (SSSR count). The maximum absolute atomic E-state index is 13.3. The van der Waals surface area contributed by atoms with Crippen LogP contribution in [-0.4, -0.2) is 67.1 Å². The topological polar surface area (TPSA) is 114 Å². The van der Waals surface area contributed by atoms with E-state index in [4.69, 9.17) is 14.2 Å². The fraction of sp³-hybridized carbons (Fsp3) is 0.276. The Bertz CT molecular complexity index is 1370. The Morgan fingerprint density at radius 1 is 0.949 bits per heavy atom. The predicted octanol–water partition coefficient (Wildman–Crippen LogP) is 4.27. The Morgan fingerprint density at radius 2 is 1.62 bits per heavy atom. The van der Waals surface area contributed by atoms with Crippen LogP contribution in [0.5, 0.6) is 11.5 Å². The smallest absolute Gasteiger partial charge is 0.407 e. The Kier molecular flexibility index (Phi) is 7.65. The number of carboxylic acid groups (broad SMARTS) is 1. The van der Waals surface area contributed by atoms with E-state index in [-0.39, 0.29) is 18.3 Å². The van der Waals surface area contributed by atoms with E-state index >= 15 is 0 Å². The second-order valence-electron chi connectivity index (χ2n) is 9.13. The standard InChI is InChI=1S/C29H28N2O7S/c1-36-17-11-12-22(25(13-17)37-2)27-31(24(16-39-27)28(33)34)26(32)14-30-29(35)38-15-23-20-9-5-3-7-18(20)19-8-4-6-10-21(19)23/h3-13,23-24,27H,14-16H2,1-2H3,(H,30,35)(H,33,34). The summed E-state index contributed by atoms with van der Waals surface area (Å²) in [6, 6.07) is 20.1. The maximum atomic E-state index is 13.3. The lowest BCUT2D eigenvalue weighted by Crippen LogP contribution is -2.47. The van der Waals surface area contributed by atoms with Crippen molar-refractivity contribution in [2.45, 2.75) is 17.3 Å². The SMILES string of the molecule is COc1ccc(C2SCC(C(=O)O)N2C(=O)CNC(=O)OCC2c3ccccc3-c3ccccc32)c(OC)c1. The van der Waals surface area contributed by atoms with Gasteiger partial charge in [0.15, 0.2) is 0 Å². The first-order chi connectivity index (χ1) is 18.9.